The molecule has 1 fully saturated rings. The molecule has 0 spiro atoms. The van der Waals surface area contributed by atoms with Gasteiger partial charge in [0.2, 0.25) is 0 Å². The summed E-state index contributed by atoms with van der Waals surface area (Å²) in [6, 6.07) is 0. The molecule has 0 N–H and O–H groups in total. The summed E-state index contributed by atoms with van der Waals surface area (Å²) < 4.78 is 0. The maximum absolute atomic E-state index is 4.02. The normalized spacial score (nSPS) is 38.9. The van der Waals surface area contributed by atoms with E-state index in [4.69, 9.17) is 0 Å². The first-order chi connectivity index (χ1) is 4.60. The lowest BCUT2D eigenvalue weighted by Crippen LogP contribution is -2.37. The van der Waals surface area contributed by atoms with E-state index >= 15 is 0 Å². The van der Waals surface area contributed by atoms with Gasteiger partial charge in [-0.15, -0.1) is 0 Å². The first-order valence-electron chi connectivity index (χ1n) is 4.25. The van der Waals surface area contributed by atoms with Gasteiger partial charge < -0.3 is 0 Å². The topological polar surface area (TPSA) is 0 Å². The number of hydrogen-bond acceptors (Lipinski definition) is 0. The molecule has 0 aromatic heterocycles. The third kappa shape index (κ3) is 1.00. The zero-order valence-electron chi connectivity index (χ0n) is 7.41. The van der Waals surface area contributed by atoms with E-state index in [-0.39, 0.29) is 0 Å². The van der Waals surface area contributed by atoms with E-state index in [9.17, 15) is 0 Å². The van der Waals surface area contributed by atoms with Crippen molar-refractivity contribution < 1.29 is 0 Å². The fourth-order valence-corrected chi connectivity index (χ4v) is 2.05. The fraction of sp³-hybridized carbons (Fsp3) is 0.800. The van der Waals surface area contributed by atoms with Crippen LogP contribution in [0, 0.1) is 11.3 Å². The first-order valence-corrected chi connectivity index (χ1v) is 4.25. The maximum atomic E-state index is 4.02. The monoisotopic (exact) mass is 138 g/mol. The van der Waals surface area contributed by atoms with Gasteiger partial charge in [-0.3, -0.25) is 0 Å². The highest BCUT2D eigenvalue weighted by Gasteiger charge is 2.40. The van der Waals surface area contributed by atoms with Crippen molar-refractivity contribution in [3.8, 4) is 0 Å². The van der Waals surface area contributed by atoms with E-state index in [0.29, 0.717) is 5.41 Å². The molecule has 0 heterocycles. The number of rotatable bonds is 2. The molecule has 1 aliphatic carbocycles. The van der Waals surface area contributed by atoms with Gasteiger partial charge in [0.15, 0.2) is 0 Å². The molecule has 0 aromatic carbocycles. The molecule has 1 aliphatic rings. The predicted octanol–water partition coefficient (Wildman–Crippen LogP) is 3.39. The van der Waals surface area contributed by atoms with Crippen molar-refractivity contribution >= 4 is 0 Å². The van der Waals surface area contributed by atoms with Gasteiger partial charge in [0, 0.05) is 0 Å². The predicted molar refractivity (Wildman–Crippen MR) is 45.9 cm³/mol. The van der Waals surface area contributed by atoms with Gasteiger partial charge in [0.1, 0.15) is 0 Å². The summed E-state index contributed by atoms with van der Waals surface area (Å²) in [5.74, 6) is 0.817. The van der Waals surface area contributed by atoms with Gasteiger partial charge >= 0.3 is 0 Å². The summed E-state index contributed by atoms with van der Waals surface area (Å²) in [4.78, 5) is 0. The van der Waals surface area contributed by atoms with Crippen molar-refractivity contribution in [2.24, 2.45) is 11.3 Å². The molecule has 0 amide bonds. The SMILES string of the molecule is C=C(C)C1CCC1(C)CC. The third-order valence-corrected chi connectivity index (χ3v) is 3.25. The summed E-state index contributed by atoms with van der Waals surface area (Å²) in [6.45, 7) is 10.9. The highest BCUT2D eigenvalue weighted by molar-refractivity contribution is 5.09. The van der Waals surface area contributed by atoms with Crippen LogP contribution >= 0.6 is 0 Å². The lowest BCUT2D eigenvalue weighted by molar-refractivity contribution is 0.0754. The van der Waals surface area contributed by atoms with Crippen LogP contribution in [0.15, 0.2) is 12.2 Å². The van der Waals surface area contributed by atoms with Gasteiger partial charge in [-0.1, -0.05) is 32.4 Å². The summed E-state index contributed by atoms with van der Waals surface area (Å²) in [5, 5.41) is 0. The molecule has 1 saturated carbocycles. The quantitative estimate of drug-likeness (QED) is 0.513. The first kappa shape index (κ1) is 7.84. The Bertz CT molecular complexity index is 142. The van der Waals surface area contributed by atoms with Crippen molar-refractivity contribution in [2.45, 2.75) is 40.0 Å². The van der Waals surface area contributed by atoms with Crippen molar-refractivity contribution in [2.75, 3.05) is 0 Å². The zero-order chi connectivity index (χ0) is 7.78. The second kappa shape index (κ2) is 2.41. The van der Waals surface area contributed by atoms with Crippen LogP contribution in [0.4, 0.5) is 0 Å². The average molecular weight is 138 g/mol. The minimum absolute atomic E-state index is 0.603. The van der Waals surface area contributed by atoms with Crippen LogP contribution in [-0.2, 0) is 0 Å². The van der Waals surface area contributed by atoms with E-state index in [0.717, 1.165) is 5.92 Å². The molecule has 58 valence electrons. The van der Waals surface area contributed by atoms with Crippen LogP contribution in [0.2, 0.25) is 0 Å². The van der Waals surface area contributed by atoms with Crippen molar-refractivity contribution in [3.63, 3.8) is 0 Å². The lowest BCUT2D eigenvalue weighted by Gasteiger charge is -2.47. The molecule has 0 nitrogen and oxygen atoms in total. The van der Waals surface area contributed by atoms with Crippen LogP contribution in [0.25, 0.3) is 0 Å². The molecule has 0 aromatic rings. The van der Waals surface area contributed by atoms with E-state index in [1.165, 1.54) is 24.8 Å². The largest absolute Gasteiger partial charge is 0.0998 e. The molecule has 0 radical (unpaired) electrons. The van der Waals surface area contributed by atoms with Crippen LogP contribution in [0.3, 0.4) is 0 Å². The van der Waals surface area contributed by atoms with Crippen molar-refractivity contribution in [3.05, 3.63) is 12.2 Å². The fourth-order valence-electron chi connectivity index (χ4n) is 2.05. The maximum Gasteiger partial charge on any atom is -0.0155 e. The molecular formula is C10H18. The Kier molecular flexibility index (Phi) is 1.89. The summed E-state index contributed by atoms with van der Waals surface area (Å²) in [5.41, 5.74) is 1.99. The number of hydrogen-bond donors (Lipinski definition) is 0. The van der Waals surface area contributed by atoms with Crippen LogP contribution < -0.4 is 0 Å². The van der Waals surface area contributed by atoms with Gasteiger partial charge in [-0.2, -0.15) is 0 Å². The van der Waals surface area contributed by atoms with E-state index in [1.54, 1.807) is 0 Å². The molecule has 10 heavy (non-hydrogen) atoms. The molecule has 1 rings (SSSR count). The summed E-state index contributed by atoms with van der Waals surface area (Å²) in [7, 11) is 0. The smallest absolute Gasteiger partial charge is 0.0155 e. The van der Waals surface area contributed by atoms with Gasteiger partial charge in [0.05, 0.1) is 0 Å². The molecule has 2 unspecified atom stereocenters. The van der Waals surface area contributed by atoms with Gasteiger partial charge in [-0.05, 0) is 31.1 Å². The highest BCUT2D eigenvalue weighted by Crippen LogP contribution is 2.51. The Morgan fingerprint density at radius 1 is 1.70 bits per heavy atom. The Morgan fingerprint density at radius 3 is 2.40 bits per heavy atom. The van der Waals surface area contributed by atoms with Crippen molar-refractivity contribution in [1.29, 1.82) is 0 Å². The Balaban J connectivity index is 2.57. The highest BCUT2D eigenvalue weighted by atomic mass is 14.5. The second-order valence-electron chi connectivity index (χ2n) is 3.95. The standard InChI is InChI=1S/C10H18/c1-5-10(4)7-6-9(10)8(2)3/h9H,2,5-7H2,1,3-4H3. The van der Waals surface area contributed by atoms with Crippen LogP contribution in [-0.4, -0.2) is 0 Å². The second-order valence-corrected chi connectivity index (χ2v) is 3.95. The molecule has 2 atom stereocenters. The summed E-state index contributed by atoms with van der Waals surface area (Å²) in [6.07, 6.45) is 4.09. The molecule has 0 bridgehead atoms. The van der Waals surface area contributed by atoms with Crippen LogP contribution in [0.1, 0.15) is 40.0 Å². The molecule has 0 heteroatoms. The summed E-state index contributed by atoms with van der Waals surface area (Å²) >= 11 is 0. The minimum atomic E-state index is 0.603. The number of allylic oxidation sites excluding steroid dienone is 1. The molecule has 0 aliphatic heterocycles. The Labute approximate surface area is 64.3 Å². The minimum Gasteiger partial charge on any atom is -0.0998 e. The van der Waals surface area contributed by atoms with Crippen molar-refractivity contribution in [1.82, 2.24) is 0 Å². The lowest BCUT2D eigenvalue weighted by atomic mass is 9.58. The molecular weight excluding hydrogens is 120 g/mol. The van der Waals surface area contributed by atoms with E-state index < -0.39 is 0 Å². The third-order valence-electron chi connectivity index (χ3n) is 3.25. The van der Waals surface area contributed by atoms with Gasteiger partial charge in [-0.25, -0.2) is 0 Å². The van der Waals surface area contributed by atoms with Crippen LogP contribution in [0.5, 0.6) is 0 Å². The van der Waals surface area contributed by atoms with E-state index in [2.05, 4.69) is 27.4 Å². The Morgan fingerprint density at radius 2 is 2.30 bits per heavy atom. The Hall–Kier alpha value is -0.260. The zero-order valence-corrected chi connectivity index (χ0v) is 7.41. The van der Waals surface area contributed by atoms with Gasteiger partial charge in [0.25, 0.3) is 0 Å². The average Bonchev–Trinajstić information content (AvgIpc) is 1.83. The van der Waals surface area contributed by atoms with E-state index in [1.807, 2.05) is 0 Å². The molecule has 0 saturated heterocycles.